The smallest absolute Gasteiger partial charge is 0.256 e. The zero-order chi connectivity index (χ0) is 18.6. The summed E-state index contributed by atoms with van der Waals surface area (Å²) < 4.78 is 2.63. The van der Waals surface area contributed by atoms with Gasteiger partial charge in [0, 0.05) is 21.7 Å². The number of amides is 1. The van der Waals surface area contributed by atoms with E-state index in [1.807, 2.05) is 78.9 Å². The zero-order valence-corrected chi connectivity index (χ0v) is 15.9. The number of nitrogens with one attached hydrogen (secondary N) is 1. The molecule has 27 heavy (non-hydrogen) atoms. The van der Waals surface area contributed by atoms with Crippen molar-refractivity contribution in [2.45, 2.75) is 0 Å². The number of halogens is 1. The third kappa shape index (κ3) is 3.68. The van der Waals surface area contributed by atoms with Crippen LogP contribution in [-0.2, 0) is 0 Å². The zero-order valence-electron chi connectivity index (χ0n) is 14.3. The van der Waals surface area contributed by atoms with Crippen LogP contribution < -0.4 is 5.32 Å². The molecule has 1 amide bonds. The molecule has 5 heteroatoms. The van der Waals surface area contributed by atoms with Crippen LogP contribution in [0, 0.1) is 0 Å². The van der Waals surface area contributed by atoms with Crippen LogP contribution in [0.5, 0.6) is 0 Å². The van der Waals surface area contributed by atoms with Gasteiger partial charge >= 0.3 is 0 Å². The Hall–Kier alpha value is -3.18. The Morgan fingerprint density at radius 2 is 1.48 bits per heavy atom. The summed E-state index contributed by atoms with van der Waals surface area (Å²) in [4.78, 5) is 12.7. The van der Waals surface area contributed by atoms with Gasteiger partial charge < -0.3 is 5.32 Å². The molecule has 0 saturated carbocycles. The number of hydrogen-bond donors (Lipinski definition) is 1. The van der Waals surface area contributed by atoms with Gasteiger partial charge in [-0.1, -0.05) is 60.7 Å². The first-order valence-electron chi connectivity index (χ1n) is 8.49. The number of anilines is 1. The molecular formula is C22H16BrN3O. The van der Waals surface area contributed by atoms with E-state index < -0.39 is 0 Å². The van der Waals surface area contributed by atoms with Crippen molar-refractivity contribution in [1.82, 2.24) is 9.78 Å². The Balaban J connectivity index is 1.78. The molecule has 1 aromatic heterocycles. The van der Waals surface area contributed by atoms with Crippen LogP contribution in [-0.4, -0.2) is 15.7 Å². The van der Waals surface area contributed by atoms with E-state index in [0.29, 0.717) is 11.4 Å². The maximum atomic E-state index is 12.7. The lowest BCUT2D eigenvalue weighted by molar-refractivity contribution is 0.102. The summed E-state index contributed by atoms with van der Waals surface area (Å²) in [5, 5.41) is 7.71. The highest BCUT2D eigenvalue weighted by Gasteiger charge is 2.16. The van der Waals surface area contributed by atoms with Crippen LogP contribution >= 0.6 is 15.9 Å². The SMILES string of the molecule is O=C(Nc1cc(-c2ccccc2)nn1-c1ccccc1Br)c1ccccc1. The van der Waals surface area contributed by atoms with E-state index in [1.54, 1.807) is 16.8 Å². The van der Waals surface area contributed by atoms with E-state index in [0.717, 1.165) is 21.4 Å². The Kier molecular flexibility index (Phi) is 4.85. The minimum atomic E-state index is -0.177. The fourth-order valence-electron chi connectivity index (χ4n) is 2.81. The molecule has 1 heterocycles. The van der Waals surface area contributed by atoms with Gasteiger partial charge in [0.25, 0.3) is 5.91 Å². The molecule has 0 spiro atoms. The lowest BCUT2D eigenvalue weighted by atomic mass is 10.1. The molecule has 1 N–H and O–H groups in total. The van der Waals surface area contributed by atoms with E-state index in [9.17, 15) is 4.79 Å². The molecular weight excluding hydrogens is 402 g/mol. The quantitative estimate of drug-likeness (QED) is 0.472. The van der Waals surface area contributed by atoms with Crippen molar-refractivity contribution in [3.8, 4) is 16.9 Å². The molecule has 0 fully saturated rings. The van der Waals surface area contributed by atoms with Crippen LogP contribution in [0.2, 0.25) is 0 Å². The first-order chi connectivity index (χ1) is 13.2. The predicted molar refractivity (Wildman–Crippen MR) is 111 cm³/mol. The van der Waals surface area contributed by atoms with Crippen LogP contribution in [0.4, 0.5) is 5.82 Å². The molecule has 4 nitrogen and oxygen atoms in total. The number of rotatable bonds is 4. The number of carbonyl (C=O) groups excluding carboxylic acids is 1. The lowest BCUT2D eigenvalue weighted by Gasteiger charge is -2.10. The van der Waals surface area contributed by atoms with E-state index in [1.165, 1.54) is 0 Å². The first-order valence-corrected chi connectivity index (χ1v) is 9.28. The Labute approximate surface area is 165 Å². The minimum absolute atomic E-state index is 0.177. The monoisotopic (exact) mass is 417 g/mol. The average Bonchev–Trinajstić information content (AvgIpc) is 3.13. The van der Waals surface area contributed by atoms with Crippen molar-refractivity contribution in [1.29, 1.82) is 0 Å². The van der Waals surface area contributed by atoms with Crippen molar-refractivity contribution in [2.75, 3.05) is 5.32 Å². The van der Waals surface area contributed by atoms with Gasteiger partial charge in [-0.25, -0.2) is 4.68 Å². The molecule has 0 aliphatic heterocycles. The number of aromatic nitrogens is 2. The maximum Gasteiger partial charge on any atom is 0.256 e. The normalized spacial score (nSPS) is 10.6. The molecule has 4 aromatic rings. The summed E-state index contributed by atoms with van der Waals surface area (Å²) in [5.74, 6) is 0.429. The topological polar surface area (TPSA) is 46.9 Å². The molecule has 0 radical (unpaired) electrons. The summed E-state index contributed by atoms with van der Waals surface area (Å²) in [6.45, 7) is 0. The lowest BCUT2D eigenvalue weighted by Crippen LogP contribution is -2.15. The Morgan fingerprint density at radius 3 is 2.19 bits per heavy atom. The van der Waals surface area contributed by atoms with Crippen LogP contribution in [0.25, 0.3) is 16.9 Å². The van der Waals surface area contributed by atoms with Gasteiger partial charge in [-0.05, 0) is 40.2 Å². The van der Waals surface area contributed by atoms with E-state index in [4.69, 9.17) is 5.10 Å². The predicted octanol–water partition coefficient (Wildman–Crippen LogP) is 5.55. The number of hydrogen-bond acceptors (Lipinski definition) is 2. The summed E-state index contributed by atoms with van der Waals surface area (Å²) in [7, 11) is 0. The second-order valence-electron chi connectivity index (χ2n) is 5.96. The van der Waals surface area contributed by atoms with Crippen molar-refractivity contribution >= 4 is 27.7 Å². The second-order valence-corrected chi connectivity index (χ2v) is 6.82. The number of nitrogens with zero attached hydrogens (tertiary/aromatic N) is 2. The Morgan fingerprint density at radius 1 is 0.852 bits per heavy atom. The van der Waals surface area contributed by atoms with Gasteiger partial charge in [-0.3, -0.25) is 4.79 Å². The highest BCUT2D eigenvalue weighted by atomic mass is 79.9. The third-order valence-electron chi connectivity index (χ3n) is 4.14. The molecule has 0 saturated heterocycles. The number of carbonyl (C=O) groups is 1. The van der Waals surface area contributed by atoms with E-state index in [-0.39, 0.29) is 5.91 Å². The molecule has 0 unspecified atom stereocenters. The summed E-state index contributed by atoms with van der Waals surface area (Å²) in [5.41, 5.74) is 3.22. The molecule has 4 rings (SSSR count). The van der Waals surface area contributed by atoms with E-state index >= 15 is 0 Å². The van der Waals surface area contributed by atoms with Crippen molar-refractivity contribution in [3.63, 3.8) is 0 Å². The molecule has 0 bridgehead atoms. The van der Waals surface area contributed by atoms with Gasteiger partial charge in [0.1, 0.15) is 5.82 Å². The van der Waals surface area contributed by atoms with Crippen LogP contribution in [0.1, 0.15) is 10.4 Å². The highest BCUT2D eigenvalue weighted by molar-refractivity contribution is 9.10. The summed E-state index contributed by atoms with van der Waals surface area (Å²) in [6.07, 6.45) is 0. The molecule has 3 aromatic carbocycles. The highest BCUT2D eigenvalue weighted by Crippen LogP contribution is 2.28. The second kappa shape index (κ2) is 7.60. The van der Waals surface area contributed by atoms with Gasteiger partial charge in [-0.2, -0.15) is 5.10 Å². The van der Waals surface area contributed by atoms with Gasteiger partial charge in [0.15, 0.2) is 0 Å². The van der Waals surface area contributed by atoms with Gasteiger partial charge in [0.2, 0.25) is 0 Å². The standard InChI is InChI=1S/C22H16BrN3O/c23-18-13-7-8-14-20(18)26-21(24-22(27)17-11-5-2-6-12-17)15-19(25-26)16-9-3-1-4-10-16/h1-15H,(H,24,27). The fraction of sp³-hybridized carbons (Fsp3) is 0. The molecule has 0 aliphatic carbocycles. The average molecular weight is 418 g/mol. The van der Waals surface area contributed by atoms with Gasteiger partial charge in [0.05, 0.1) is 11.4 Å². The third-order valence-corrected chi connectivity index (χ3v) is 4.81. The first kappa shape index (κ1) is 17.2. The van der Waals surface area contributed by atoms with Crippen molar-refractivity contribution < 1.29 is 4.79 Å². The van der Waals surface area contributed by atoms with Crippen molar-refractivity contribution in [2.24, 2.45) is 0 Å². The summed E-state index contributed by atoms with van der Waals surface area (Å²) in [6, 6.07) is 28.7. The Bertz CT molecular complexity index is 1080. The molecule has 0 aliphatic rings. The number of benzene rings is 3. The largest absolute Gasteiger partial charge is 0.306 e. The van der Waals surface area contributed by atoms with Gasteiger partial charge in [-0.15, -0.1) is 0 Å². The minimum Gasteiger partial charge on any atom is -0.306 e. The fourth-order valence-corrected chi connectivity index (χ4v) is 3.26. The van der Waals surface area contributed by atoms with Crippen LogP contribution in [0.3, 0.4) is 0 Å². The van der Waals surface area contributed by atoms with E-state index in [2.05, 4.69) is 21.2 Å². The summed E-state index contributed by atoms with van der Waals surface area (Å²) >= 11 is 3.57. The maximum absolute atomic E-state index is 12.7. The van der Waals surface area contributed by atoms with Crippen LogP contribution in [0.15, 0.2) is 95.5 Å². The molecule has 0 atom stereocenters. The van der Waals surface area contributed by atoms with Crippen molar-refractivity contribution in [3.05, 3.63) is 101 Å². The molecule has 132 valence electrons. The number of para-hydroxylation sites is 1.